The van der Waals surface area contributed by atoms with Crippen LogP contribution in [0.15, 0.2) is 47.2 Å². The molecule has 0 atom stereocenters. The first-order valence-electron chi connectivity index (χ1n) is 8.04. The molecule has 0 spiro atoms. The smallest absolute Gasteiger partial charge is 0.436 e. The third-order valence-electron chi connectivity index (χ3n) is 3.70. The quantitative estimate of drug-likeness (QED) is 0.419. The highest BCUT2D eigenvalue weighted by Crippen LogP contribution is 2.36. The van der Waals surface area contributed by atoms with Gasteiger partial charge in [-0.05, 0) is 28.1 Å². The number of hydrogen-bond donors (Lipinski definition) is 1. The van der Waals surface area contributed by atoms with Crippen molar-refractivity contribution < 1.29 is 27.6 Å². The summed E-state index contributed by atoms with van der Waals surface area (Å²) in [4.78, 5) is 26.9. The largest absolute Gasteiger partial charge is 0.455 e. The second-order valence-electron chi connectivity index (χ2n) is 5.85. The van der Waals surface area contributed by atoms with Crippen LogP contribution in [-0.4, -0.2) is 25.6 Å². The second-order valence-corrected chi connectivity index (χ2v) is 6.64. The van der Waals surface area contributed by atoms with Crippen molar-refractivity contribution >= 4 is 33.2 Å². The number of aryl methyl sites for hydroxylation is 1. The van der Waals surface area contributed by atoms with E-state index < -0.39 is 38.6 Å². The van der Waals surface area contributed by atoms with Crippen molar-refractivity contribution in [2.24, 2.45) is 7.05 Å². The van der Waals surface area contributed by atoms with Crippen molar-refractivity contribution in [3.63, 3.8) is 0 Å². The second kappa shape index (κ2) is 8.10. The molecule has 0 aliphatic rings. The lowest BCUT2D eigenvalue weighted by molar-refractivity contribution is -0.384. The Hall–Kier alpha value is -3.48. The fourth-order valence-corrected chi connectivity index (χ4v) is 3.22. The molecule has 0 saturated heterocycles. The molecule has 0 fully saturated rings. The first kappa shape index (κ1) is 21.2. The standard InChI is InChI=1S/C17H11BrF3N5O4/c1-25-14(13(18)15(24-25)17(19,20)21)16(27)23-9-5-10(26(28)29)7-12(6-9)30-11-3-2-4-22-8-11/h2-8H,1H3,(H,23,27). The topological polar surface area (TPSA) is 112 Å². The maximum atomic E-state index is 13.0. The van der Waals surface area contributed by atoms with Crippen molar-refractivity contribution in [2.45, 2.75) is 6.18 Å². The predicted octanol–water partition coefficient (Wildman–Crippen LogP) is 4.55. The lowest BCUT2D eigenvalue weighted by atomic mass is 10.2. The lowest BCUT2D eigenvalue weighted by Crippen LogP contribution is -2.16. The lowest BCUT2D eigenvalue weighted by Gasteiger charge is -2.10. The molecule has 0 radical (unpaired) electrons. The Morgan fingerprint density at radius 3 is 2.60 bits per heavy atom. The summed E-state index contributed by atoms with van der Waals surface area (Å²) in [6.45, 7) is 0. The minimum Gasteiger partial charge on any atom is -0.455 e. The van der Waals surface area contributed by atoms with E-state index in [4.69, 9.17) is 4.74 Å². The van der Waals surface area contributed by atoms with Crippen molar-refractivity contribution in [2.75, 3.05) is 5.32 Å². The van der Waals surface area contributed by atoms with Crippen LogP contribution in [0.2, 0.25) is 0 Å². The number of pyridine rings is 1. The number of rotatable bonds is 5. The highest BCUT2D eigenvalue weighted by Gasteiger charge is 2.39. The van der Waals surface area contributed by atoms with E-state index in [0.29, 0.717) is 5.75 Å². The van der Waals surface area contributed by atoms with E-state index in [9.17, 15) is 28.1 Å². The summed E-state index contributed by atoms with van der Waals surface area (Å²) in [6.07, 6.45) is -1.89. The summed E-state index contributed by atoms with van der Waals surface area (Å²) in [5.41, 5.74) is -2.14. The predicted molar refractivity (Wildman–Crippen MR) is 101 cm³/mol. The maximum Gasteiger partial charge on any atom is 0.436 e. The number of amides is 1. The number of carbonyl (C=O) groups is 1. The van der Waals surface area contributed by atoms with Gasteiger partial charge in [0.05, 0.1) is 27.3 Å². The van der Waals surface area contributed by atoms with Gasteiger partial charge in [0.1, 0.15) is 17.2 Å². The molecule has 1 aromatic carbocycles. The van der Waals surface area contributed by atoms with Gasteiger partial charge < -0.3 is 10.1 Å². The van der Waals surface area contributed by atoms with Gasteiger partial charge in [-0.1, -0.05) is 0 Å². The first-order valence-corrected chi connectivity index (χ1v) is 8.84. The number of nitro benzene ring substituents is 1. The van der Waals surface area contributed by atoms with Crippen LogP contribution in [0.4, 0.5) is 24.5 Å². The van der Waals surface area contributed by atoms with E-state index in [0.717, 1.165) is 16.8 Å². The van der Waals surface area contributed by atoms with E-state index in [-0.39, 0.29) is 11.4 Å². The number of anilines is 1. The van der Waals surface area contributed by atoms with Crippen LogP contribution in [0.5, 0.6) is 11.5 Å². The summed E-state index contributed by atoms with van der Waals surface area (Å²) in [5.74, 6) is -0.646. The zero-order valence-electron chi connectivity index (χ0n) is 15.0. The number of alkyl halides is 3. The Kier molecular flexibility index (Phi) is 5.73. The number of carbonyl (C=O) groups excluding carboxylic acids is 1. The summed E-state index contributed by atoms with van der Waals surface area (Å²) in [7, 11) is 1.17. The Labute approximate surface area is 174 Å². The summed E-state index contributed by atoms with van der Waals surface area (Å²) < 4.78 is 44.7. The van der Waals surface area contributed by atoms with Crippen LogP contribution in [0.3, 0.4) is 0 Å². The van der Waals surface area contributed by atoms with Gasteiger partial charge in [-0.25, -0.2) is 0 Å². The van der Waals surface area contributed by atoms with E-state index in [1.54, 1.807) is 12.1 Å². The number of non-ortho nitro benzene ring substituents is 1. The number of nitrogens with zero attached hydrogens (tertiary/aromatic N) is 4. The van der Waals surface area contributed by atoms with Crippen LogP contribution in [-0.2, 0) is 13.2 Å². The fraction of sp³-hybridized carbons (Fsp3) is 0.118. The van der Waals surface area contributed by atoms with Crippen LogP contribution < -0.4 is 10.1 Å². The molecule has 2 heterocycles. The molecule has 3 rings (SSSR count). The molecule has 3 aromatic rings. The number of nitro groups is 1. The van der Waals surface area contributed by atoms with Crippen LogP contribution >= 0.6 is 15.9 Å². The number of aromatic nitrogens is 3. The van der Waals surface area contributed by atoms with Gasteiger partial charge in [0.15, 0.2) is 5.69 Å². The highest BCUT2D eigenvalue weighted by molar-refractivity contribution is 9.10. The summed E-state index contributed by atoms with van der Waals surface area (Å²) in [6, 6.07) is 6.61. The van der Waals surface area contributed by atoms with E-state index >= 15 is 0 Å². The summed E-state index contributed by atoms with van der Waals surface area (Å²) in [5, 5.41) is 16.9. The third-order valence-corrected chi connectivity index (χ3v) is 4.45. The van der Waals surface area contributed by atoms with Crippen molar-refractivity contribution in [1.82, 2.24) is 14.8 Å². The molecule has 1 amide bonds. The van der Waals surface area contributed by atoms with Crippen molar-refractivity contribution in [3.05, 3.63) is 68.7 Å². The number of ether oxygens (including phenoxy) is 1. The van der Waals surface area contributed by atoms with Gasteiger partial charge in [-0.2, -0.15) is 18.3 Å². The molecule has 9 nitrogen and oxygen atoms in total. The minimum atomic E-state index is -4.77. The van der Waals surface area contributed by atoms with Gasteiger partial charge in [0.25, 0.3) is 11.6 Å². The Bertz CT molecular complexity index is 1120. The van der Waals surface area contributed by atoms with Gasteiger partial charge in [0, 0.05) is 25.4 Å². The molecule has 156 valence electrons. The number of nitrogens with one attached hydrogen (secondary N) is 1. The Balaban J connectivity index is 1.93. The first-order chi connectivity index (χ1) is 14.1. The van der Waals surface area contributed by atoms with E-state index in [2.05, 4.69) is 31.3 Å². The Morgan fingerprint density at radius 2 is 2.03 bits per heavy atom. The van der Waals surface area contributed by atoms with Crippen LogP contribution in [0, 0.1) is 10.1 Å². The van der Waals surface area contributed by atoms with Gasteiger partial charge in [0.2, 0.25) is 0 Å². The summed E-state index contributed by atoms with van der Waals surface area (Å²) >= 11 is 2.74. The van der Waals surface area contributed by atoms with Crippen LogP contribution in [0.1, 0.15) is 16.2 Å². The molecule has 13 heteroatoms. The molecule has 0 aliphatic carbocycles. The fourth-order valence-electron chi connectivity index (χ4n) is 2.48. The molecule has 0 unspecified atom stereocenters. The van der Waals surface area contributed by atoms with Crippen molar-refractivity contribution in [3.8, 4) is 11.5 Å². The molecular weight excluding hydrogens is 475 g/mol. The molecule has 0 aliphatic heterocycles. The van der Waals surface area contributed by atoms with Gasteiger partial charge in [-0.15, -0.1) is 0 Å². The van der Waals surface area contributed by atoms with Crippen molar-refractivity contribution in [1.29, 1.82) is 0 Å². The van der Waals surface area contributed by atoms with Crippen LogP contribution in [0.25, 0.3) is 0 Å². The zero-order valence-corrected chi connectivity index (χ0v) is 16.6. The SMILES string of the molecule is Cn1nc(C(F)(F)F)c(Br)c1C(=O)Nc1cc(Oc2cccnc2)cc([N+](=O)[O-])c1. The highest BCUT2D eigenvalue weighted by atomic mass is 79.9. The third kappa shape index (κ3) is 4.56. The number of hydrogen-bond acceptors (Lipinski definition) is 6. The van der Waals surface area contributed by atoms with E-state index in [1.807, 2.05) is 0 Å². The van der Waals surface area contributed by atoms with E-state index in [1.165, 1.54) is 25.5 Å². The zero-order chi connectivity index (χ0) is 22.1. The normalized spacial score (nSPS) is 11.2. The Morgan fingerprint density at radius 1 is 1.30 bits per heavy atom. The average Bonchev–Trinajstić information content (AvgIpc) is 2.97. The minimum absolute atomic E-state index is 0.0209. The van der Waals surface area contributed by atoms with Gasteiger partial charge >= 0.3 is 6.18 Å². The molecule has 2 aromatic heterocycles. The molecule has 0 saturated carbocycles. The number of halogens is 4. The molecule has 0 bridgehead atoms. The monoisotopic (exact) mass is 485 g/mol. The molecule has 30 heavy (non-hydrogen) atoms. The number of benzene rings is 1. The molecule has 1 N–H and O–H groups in total. The molecular formula is C17H11BrF3N5O4. The van der Waals surface area contributed by atoms with Gasteiger partial charge in [-0.3, -0.25) is 24.6 Å². The maximum absolute atomic E-state index is 13.0. The average molecular weight is 486 g/mol.